The summed E-state index contributed by atoms with van der Waals surface area (Å²) in [5, 5.41) is 8.69. The predicted octanol–water partition coefficient (Wildman–Crippen LogP) is -0.768. The van der Waals surface area contributed by atoms with Gasteiger partial charge in [0.25, 0.3) is 0 Å². The second kappa shape index (κ2) is 5.43. The summed E-state index contributed by atoms with van der Waals surface area (Å²) < 4.78 is 0. The Kier molecular flexibility index (Phi) is 4.93. The summed E-state index contributed by atoms with van der Waals surface area (Å²) in [6.07, 6.45) is 1.84. The lowest BCUT2D eigenvalue weighted by molar-refractivity contribution is -0.142. The molecule has 1 atom stereocenters. The number of aliphatic carboxylic acids is 1. The van der Waals surface area contributed by atoms with Gasteiger partial charge in [-0.1, -0.05) is 0 Å². The van der Waals surface area contributed by atoms with E-state index in [4.69, 9.17) is 22.3 Å². The highest BCUT2D eigenvalue weighted by Crippen LogP contribution is 2.10. The molecule has 0 aliphatic carbocycles. The highest BCUT2D eigenvalue weighted by Gasteiger charge is 2.26. The maximum Gasteiger partial charge on any atom is 0.323 e. The van der Waals surface area contributed by atoms with E-state index in [0.717, 1.165) is 6.42 Å². The molecule has 6 heteroatoms. The summed E-state index contributed by atoms with van der Waals surface area (Å²) >= 11 is 0. The third kappa shape index (κ3) is 5.36. The molecular weight excluding hydrogens is 184 g/mol. The fraction of sp³-hybridized carbons (Fsp3) is 0.750. The molecule has 0 bridgehead atoms. The van der Waals surface area contributed by atoms with Gasteiger partial charge in [0.05, 0.1) is 0 Å². The average molecular weight is 202 g/mol. The van der Waals surface area contributed by atoms with Crippen molar-refractivity contribution < 1.29 is 9.90 Å². The molecule has 0 aliphatic rings. The van der Waals surface area contributed by atoms with Crippen LogP contribution in [0.3, 0.4) is 0 Å². The molecule has 1 unspecified atom stereocenters. The van der Waals surface area contributed by atoms with E-state index in [9.17, 15) is 4.79 Å². The van der Waals surface area contributed by atoms with Gasteiger partial charge in [-0.3, -0.25) is 9.79 Å². The van der Waals surface area contributed by atoms with Crippen molar-refractivity contribution in [1.82, 2.24) is 0 Å². The van der Waals surface area contributed by atoms with Gasteiger partial charge in [0.1, 0.15) is 5.54 Å². The molecule has 0 aromatic rings. The number of carboxylic acids is 1. The topological polar surface area (TPSA) is 128 Å². The summed E-state index contributed by atoms with van der Waals surface area (Å²) in [6.45, 7) is 2.01. The van der Waals surface area contributed by atoms with E-state index < -0.39 is 11.5 Å². The van der Waals surface area contributed by atoms with Gasteiger partial charge in [0.15, 0.2) is 5.96 Å². The number of aliphatic imine (C=N–C) groups is 1. The van der Waals surface area contributed by atoms with Crippen LogP contribution in [0.1, 0.15) is 26.2 Å². The second-order valence-corrected chi connectivity index (χ2v) is 3.49. The number of guanidine groups is 1. The van der Waals surface area contributed by atoms with Crippen LogP contribution in [0.5, 0.6) is 0 Å². The molecule has 0 aliphatic heterocycles. The van der Waals surface area contributed by atoms with Crippen LogP contribution in [0.2, 0.25) is 0 Å². The normalized spacial score (nSPS) is 14.4. The molecule has 0 amide bonds. The van der Waals surface area contributed by atoms with E-state index in [1.807, 2.05) is 0 Å². The largest absolute Gasteiger partial charge is 0.480 e. The van der Waals surface area contributed by atoms with Gasteiger partial charge in [-0.15, -0.1) is 0 Å². The van der Waals surface area contributed by atoms with Crippen LogP contribution in [0.15, 0.2) is 4.99 Å². The zero-order chi connectivity index (χ0) is 11.2. The lowest BCUT2D eigenvalue weighted by atomic mass is 9.96. The Balaban J connectivity index is 3.65. The molecule has 0 heterocycles. The molecule has 7 N–H and O–H groups in total. The molecule has 0 saturated carbocycles. The second-order valence-electron chi connectivity index (χ2n) is 3.49. The fourth-order valence-electron chi connectivity index (χ4n) is 0.919. The number of carboxylic acid groups (broad SMARTS) is 1. The summed E-state index contributed by atoms with van der Waals surface area (Å²) in [6, 6.07) is 0. The highest BCUT2D eigenvalue weighted by atomic mass is 16.4. The molecule has 0 saturated heterocycles. The monoisotopic (exact) mass is 202 g/mol. The van der Waals surface area contributed by atoms with E-state index in [2.05, 4.69) is 4.99 Å². The maximum atomic E-state index is 10.6. The maximum absolute atomic E-state index is 10.6. The summed E-state index contributed by atoms with van der Waals surface area (Å²) in [5.41, 5.74) is 14.6. The molecule has 0 spiro atoms. The van der Waals surface area contributed by atoms with Gasteiger partial charge < -0.3 is 22.3 Å². The van der Waals surface area contributed by atoms with Gasteiger partial charge in [-0.25, -0.2) is 0 Å². The Morgan fingerprint density at radius 3 is 2.43 bits per heavy atom. The van der Waals surface area contributed by atoms with E-state index in [-0.39, 0.29) is 5.96 Å². The van der Waals surface area contributed by atoms with E-state index >= 15 is 0 Å². The van der Waals surface area contributed by atoms with Crippen molar-refractivity contribution >= 4 is 11.9 Å². The van der Waals surface area contributed by atoms with Crippen LogP contribution in [0.25, 0.3) is 0 Å². The lowest BCUT2D eigenvalue weighted by Crippen LogP contribution is -2.44. The van der Waals surface area contributed by atoms with Crippen molar-refractivity contribution in [3.05, 3.63) is 0 Å². The van der Waals surface area contributed by atoms with Crippen molar-refractivity contribution in [2.24, 2.45) is 22.2 Å². The number of nitrogens with two attached hydrogens (primary N) is 3. The molecule has 0 aromatic carbocycles. The molecule has 0 radical (unpaired) electrons. The average Bonchev–Trinajstić information content (AvgIpc) is 2.02. The third-order valence-corrected chi connectivity index (χ3v) is 1.89. The standard InChI is InChI=1S/C8H18N4O2/c1-8(11,6(13)14)4-2-3-5-12-7(9)10/h2-5,11H2,1H3,(H,13,14)(H4,9,10,12). The molecule has 0 fully saturated rings. The van der Waals surface area contributed by atoms with Gasteiger partial charge in [0.2, 0.25) is 0 Å². The van der Waals surface area contributed by atoms with Gasteiger partial charge >= 0.3 is 5.97 Å². The zero-order valence-corrected chi connectivity index (χ0v) is 8.36. The van der Waals surface area contributed by atoms with Crippen LogP contribution in [0, 0.1) is 0 Å². The van der Waals surface area contributed by atoms with E-state index in [0.29, 0.717) is 19.4 Å². The number of hydrogen-bond donors (Lipinski definition) is 4. The fourth-order valence-corrected chi connectivity index (χ4v) is 0.919. The van der Waals surface area contributed by atoms with E-state index in [1.54, 1.807) is 0 Å². The first-order valence-electron chi connectivity index (χ1n) is 4.44. The van der Waals surface area contributed by atoms with Crippen molar-refractivity contribution in [3.63, 3.8) is 0 Å². The molecular formula is C8H18N4O2. The Labute approximate surface area is 83.2 Å². The van der Waals surface area contributed by atoms with Crippen molar-refractivity contribution in [2.75, 3.05) is 6.54 Å². The van der Waals surface area contributed by atoms with Gasteiger partial charge in [-0.05, 0) is 26.2 Å². The first-order chi connectivity index (χ1) is 6.36. The van der Waals surface area contributed by atoms with Gasteiger partial charge in [-0.2, -0.15) is 0 Å². The Morgan fingerprint density at radius 1 is 1.43 bits per heavy atom. The minimum atomic E-state index is -1.15. The Bertz CT molecular complexity index is 221. The van der Waals surface area contributed by atoms with Crippen LogP contribution in [-0.4, -0.2) is 29.1 Å². The molecule has 14 heavy (non-hydrogen) atoms. The molecule has 6 nitrogen and oxygen atoms in total. The lowest BCUT2D eigenvalue weighted by Gasteiger charge is -2.18. The summed E-state index contributed by atoms with van der Waals surface area (Å²) in [7, 11) is 0. The quantitative estimate of drug-likeness (QED) is 0.255. The predicted molar refractivity (Wildman–Crippen MR) is 54.8 cm³/mol. The van der Waals surface area contributed by atoms with Crippen molar-refractivity contribution in [1.29, 1.82) is 0 Å². The highest BCUT2D eigenvalue weighted by molar-refractivity contribution is 5.77. The first kappa shape index (κ1) is 12.7. The smallest absolute Gasteiger partial charge is 0.323 e. The number of unbranched alkanes of at least 4 members (excludes halogenated alkanes) is 1. The molecule has 0 aromatic heterocycles. The third-order valence-electron chi connectivity index (χ3n) is 1.89. The van der Waals surface area contributed by atoms with Gasteiger partial charge in [0, 0.05) is 6.54 Å². The number of carbonyl (C=O) groups is 1. The number of hydrogen-bond acceptors (Lipinski definition) is 3. The molecule has 82 valence electrons. The Hall–Kier alpha value is -1.30. The minimum Gasteiger partial charge on any atom is -0.480 e. The van der Waals surface area contributed by atoms with Crippen LogP contribution in [-0.2, 0) is 4.79 Å². The first-order valence-corrected chi connectivity index (χ1v) is 4.44. The number of rotatable bonds is 6. The van der Waals surface area contributed by atoms with Crippen molar-refractivity contribution in [2.45, 2.75) is 31.7 Å². The van der Waals surface area contributed by atoms with Crippen molar-refractivity contribution in [3.8, 4) is 0 Å². The van der Waals surface area contributed by atoms with Crippen LogP contribution >= 0.6 is 0 Å². The summed E-state index contributed by atoms with van der Waals surface area (Å²) in [5.74, 6) is -0.932. The van der Waals surface area contributed by atoms with Crippen LogP contribution < -0.4 is 17.2 Å². The number of nitrogens with zero attached hydrogens (tertiary/aromatic N) is 1. The Morgan fingerprint density at radius 2 is 2.00 bits per heavy atom. The van der Waals surface area contributed by atoms with Crippen LogP contribution in [0.4, 0.5) is 0 Å². The summed E-state index contributed by atoms with van der Waals surface area (Å²) in [4.78, 5) is 14.4. The zero-order valence-electron chi connectivity index (χ0n) is 8.36. The molecule has 0 rings (SSSR count). The SMILES string of the molecule is CC(N)(CCCCN=C(N)N)C(=O)O. The minimum absolute atomic E-state index is 0.0544. The van der Waals surface area contributed by atoms with E-state index in [1.165, 1.54) is 6.92 Å².